The fourth-order valence-electron chi connectivity index (χ4n) is 2.88. The van der Waals surface area contributed by atoms with Gasteiger partial charge in [0.2, 0.25) is 5.92 Å². The molecule has 0 heterocycles. The molecular formula is C15H21F2N. The predicted octanol–water partition coefficient (Wildman–Crippen LogP) is 4.13. The topological polar surface area (TPSA) is 26.0 Å². The van der Waals surface area contributed by atoms with E-state index in [2.05, 4.69) is 6.07 Å². The third-order valence-electron chi connectivity index (χ3n) is 4.05. The van der Waals surface area contributed by atoms with E-state index in [1.54, 1.807) is 0 Å². The molecule has 1 saturated carbocycles. The van der Waals surface area contributed by atoms with Crippen LogP contribution in [0.15, 0.2) is 18.2 Å². The van der Waals surface area contributed by atoms with Gasteiger partial charge in [-0.25, -0.2) is 8.78 Å². The van der Waals surface area contributed by atoms with Crippen LogP contribution in [0, 0.1) is 19.8 Å². The quantitative estimate of drug-likeness (QED) is 0.842. The molecule has 0 spiro atoms. The van der Waals surface area contributed by atoms with Crippen molar-refractivity contribution in [2.24, 2.45) is 11.7 Å². The van der Waals surface area contributed by atoms with Gasteiger partial charge >= 0.3 is 0 Å². The Kier molecular flexibility index (Phi) is 3.71. The lowest BCUT2D eigenvalue weighted by molar-refractivity contribution is -0.0483. The molecule has 1 nitrogen and oxygen atoms in total. The molecule has 0 radical (unpaired) electrons. The van der Waals surface area contributed by atoms with Crippen molar-refractivity contribution in [1.82, 2.24) is 0 Å². The minimum absolute atomic E-state index is 0.0176. The maximum Gasteiger partial charge on any atom is 0.248 e. The van der Waals surface area contributed by atoms with Gasteiger partial charge < -0.3 is 5.73 Å². The maximum absolute atomic E-state index is 13.1. The summed E-state index contributed by atoms with van der Waals surface area (Å²) in [5.41, 5.74) is 9.75. The smallest absolute Gasteiger partial charge is 0.248 e. The lowest BCUT2D eigenvalue weighted by atomic mass is 9.79. The fraction of sp³-hybridized carbons (Fsp3) is 0.600. The highest BCUT2D eigenvalue weighted by molar-refractivity contribution is 5.33. The van der Waals surface area contributed by atoms with Gasteiger partial charge in [0.25, 0.3) is 0 Å². The summed E-state index contributed by atoms with van der Waals surface area (Å²) in [7, 11) is 0. The summed E-state index contributed by atoms with van der Waals surface area (Å²) in [6.07, 6.45) is 1.02. The van der Waals surface area contributed by atoms with Crippen molar-refractivity contribution >= 4 is 0 Å². The number of aryl methyl sites for hydroxylation is 2. The zero-order chi connectivity index (χ0) is 13.3. The van der Waals surface area contributed by atoms with Crippen LogP contribution in [0.5, 0.6) is 0 Å². The Labute approximate surface area is 107 Å². The van der Waals surface area contributed by atoms with E-state index in [1.807, 2.05) is 26.0 Å². The lowest BCUT2D eigenvalue weighted by Crippen LogP contribution is -2.31. The second kappa shape index (κ2) is 4.96. The Morgan fingerprint density at radius 1 is 1.22 bits per heavy atom. The van der Waals surface area contributed by atoms with E-state index in [-0.39, 0.29) is 24.8 Å². The van der Waals surface area contributed by atoms with Gasteiger partial charge in [-0.2, -0.15) is 0 Å². The second-order valence-corrected chi connectivity index (χ2v) is 5.58. The van der Waals surface area contributed by atoms with Crippen molar-refractivity contribution in [2.75, 3.05) is 0 Å². The summed E-state index contributed by atoms with van der Waals surface area (Å²) >= 11 is 0. The normalized spacial score (nSPS) is 21.8. The number of rotatable bonds is 2. The van der Waals surface area contributed by atoms with Crippen molar-refractivity contribution in [2.45, 2.75) is 51.5 Å². The molecule has 1 fully saturated rings. The van der Waals surface area contributed by atoms with E-state index in [0.717, 1.165) is 5.56 Å². The zero-order valence-corrected chi connectivity index (χ0v) is 11.0. The number of benzene rings is 1. The van der Waals surface area contributed by atoms with Gasteiger partial charge in [0.1, 0.15) is 0 Å². The predicted molar refractivity (Wildman–Crippen MR) is 69.7 cm³/mol. The Morgan fingerprint density at radius 3 is 2.39 bits per heavy atom. The molecule has 0 bridgehead atoms. The number of hydrogen-bond acceptors (Lipinski definition) is 1. The average Bonchev–Trinajstić information content (AvgIpc) is 2.28. The first-order chi connectivity index (χ1) is 8.39. The first kappa shape index (κ1) is 13.5. The highest BCUT2D eigenvalue weighted by Crippen LogP contribution is 2.40. The molecule has 1 aliphatic rings. The molecule has 0 aromatic heterocycles. The Bertz CT molecular complexity index is 419. The average molecular weight is 253 g/mol. The number of hydrogen-bond donors (Lipinski definition) is 1. The van der Waals surface area contributed by atoms with Crippen LogP contribution in [0.25, 0.3) is 0 Å². The Hall–Kier alpha value is -0.960. The summed E-state index contributed by atoms with van der Waals surface area (Å²) in [5.74, 6) is -2.29. The van der Waals surface area contributed by atoms with Crippen molar-refractivity contribution in [3.8, 4) is 0 Å². The molecule has 0 amide bonds. The molecule has 1 aliphatic carbocycles. The van der Waals surface area contributed by atoms with Crippen LogP contribution in [-0.4, -0.2) is 5.92 Å². The molecule has 2 N–H and O–H groups in total. The van der Waals surface area contributed by atoms with Crippen LogP contribution < -0.4 is 5.73 Å². The van der Waals surface area contributed by atoms with E-state index in [9.17, 15) is 8.78 Å². The second-order valence-electron chi connectivity index (χ2n) is 5.58. The van der Waals surface area contributed by atoms with Crippen LogP contribution in [0.1, 0.15) is 48.4 Å². The molecule has 1 aromatic carbocycles. The van der Waals surface area contributed by atoms with Gasteiger partial charge in [0.05, 0.1) is 0 Å². The van der Waals surface area contributed by atoms with Crippen molar-refractivity contribution in [3.63, 3.8) is 0 Å². The van der Waals surface area contributed by atoms with Crippen LogP contribution >= 0.6 is 0 Å². The summed E-state index contributed by atoms with van der Waals surface area (Å²) in [5, 5.41) is 0. The van der Waals surface area contributed by atoms with E-state index in [0.29, 0.717) is 12.8 Å². The van der Waals surface area contributed by atoms with Gasteiger partial charge in [-0.05, 0) is 43.7 Å². The minimum Gasteiger partial charge on any atom is -0.324 e. The maximum atomic E-state index is 13.1. The van der Waals surface area contributed by atoms with Gasteiger partial charge in [0, 0.05) is 18.9 Å². The third kappa shape index (κ3) is 2.89. The SMILES string of the molecule is Cc1ccc(C(N)C2CCC(F)(F)CC2)c(C)c1. The van der Waals surface area contributed by atoms with Gasteiger partial charge in [-0.15, -0.1) is 0 Å². The Balaban J connectivity index is 2.10. The molecule has 3 heteroatoms. The summed E-state index contributed by atoms with van der Waals surface area (Å²) in [6.45, 7) is 4.09. The van der Waals surface area contributed by atoms with Gasteiger partial charge in [0.15, 0.2) is 0 Å². The lowest BCUT2D eigenvalue weighted by Gasteiger charge is -2.32. The summed E-state index contributed by atoms with van der Waals surface area (Å²) < 4.78 is 26.3. The van der Waals surface area contributed by atoms with E-state index in [1.165, 1.54) is 11.1 Å². The molecule has 1 atom stereocenters. The highest BCUT2D eigenvalue weighted by Gasteiger charge is 2.37. The molecule has 18 heavy (non-hydrogen) atoms. The number of nitrogens with two attached hydrogens (primary N) is 1. The molecule has 2 rings (SSSR count). The van der Waals surface area contributed by atoms with E-state index < -0.39 is 5.92 Å². The molecule has 0 aliphatic heterocycles. The standard InChI is InChI=1S/C15H21F2N/c1-10-3-4-13(11(2)9-10)14(18)12-5-7-15(16,17)8-6-12/h3-4,9,12,14H,5-8,18H2,1-2H3. The van der Waals surface area contributed by atoms with Gasteiger partial charge in [-0.3, -0.25) is 0 Å². The molecule has 100 valence electrons. The van der Waals surface area contributed by atoms with Crippen LogP contribution in [-0.2, 0) is 0 Å². The van der Waals surface area contributed by atoms with Crippen LogP contribution in [0.4, 0.5) is 8.78 Å². The van der Waals surface area contributed by atoms with Crippen molar-refractivity contribution in [1.29, 1.82) is 0 Å². The first-order valence-corrected chi connectivity index (χ1v) is 6.59. The summed E-state index contributed by atoms with van der Waals surface area (Å²) in [6, 6.07) is 6.08. The minimum atomic E-state index is -2.47. The Morgan fingerprint density at radius 2 is 1.83 bits per heavy atom. The molecule has 0 saturated heterocycles. The highest BCUT2D eigenvalue weighted by atomic mass is 19.3. The van der Waals surface area contributed by atoms with Crippen LogP contribution in [0.3, 0.4) is 0 Å². The van der Waals surface area contributed by atoms with Crippen LogP contribution in [0.2, 0.25) is 0 Å². The number of alkyl halides is 2. The zero-order valence-electron chi connectivity index (χ0n) is 11.0. The monoisotopic (exact) mass is 253 g/mol. The van der Waals surface area contributed by atoms with Crippen molar-refractivity contribution < 1.29 is 8.78 Å². The number of halogens is 2. The van der Waals surface area contributed by atoms with E-state index in [4.69, 9.17) is 5.73 Å². The summed E-state index contributed by atoms with van der Waals surface area (Å²) in [4.78, 5) is 0. The van der Waals surface area contributed by atoms with Crippen molar-refractivity contribution in [3.05, 3.63) is 34.9 Å². The fourth-order valence-corrected chi connectivity index (χ4v) is 2.88. The largest absolute Gasteiger partial charge is 0.324 e. The molecule has 1 aromatic rings. The first-order valence-electron chi connectivity index (χ1n) is 6.59. The van der Waals surface area contributed by atoms with Gasteiger partial charge in [-0.1, -0.05) is 23.8 Å². The molecule has 1 unspecified atom stereocenters. The third-order valence-corrected chi connectivity index (χ3v) is 4.05. The molecular weight excluding hydrogens is 232 g/mol. The van der Waals surface area contributed by atoms with E-state index >= 15 is 0 Å².